The van der Waals surface area contributed by atoms with Gasteiger partial charge in [-0.3, -0.25) is 4.79 Å². The van der Waals surface area contributed by atoms with Crippen molar-refractivity contribution in [2.45, 2.75) is 12.5 Å². The van der Waals surface area contributed by atoms with Gasteiger partial charge >= 0.3 is 0 Å². The fraction of sp³-hybridized carbons (Fsp3) is 0.133. The van der Waals surface area contributed by atoms with Crippen molar-refractivity contribution >= 4 is 5.78 Å². The molecule has 1 atom stereocenters. The lowest BCUT2D eigenvalue weighted by atomic mass is 9.96. The van der Waals surface area contributed by atoms with Crippen LogP contribution < -0.4 is 4.74 Å². The molecular weight excluding hydrogens is 228 g/mol. The number of phenolic OH excluding ortho intramolecular Hbond substituents is 1. The first-order chi connectivity index (χ1) is 8.75. The molecule has 0 radical (unpaired) electrons. The quantitative estimate of drug-likeness (QED) is 0.833. The maximum atomic E-state index is 12.0. The first-order valence-corrected chi connectivity index (χ1v) is 5.82. The highest BCUT2D eigenvalue weighted by molar-refractivity contribution is 6.00. The van der Waals surface area contributed by atoms with E-state index in [1.54, 1.807) is 12.1 Å². The molecule has 1 heterocycles. The highest BCUT2D eigenvalue weighted by Crippen LogP contribution is 2.40. The molecular formula is C15H12O3. The van der Waals surface area contributed by atoms with Gasteiger partial charge in [0.25, 0.3) is 0 Å². The van der Waals surface area contributed by atoms with Crippen LogP contribution in [0.2, 0.25) is 0 Å². The van der Waals surface area contributed by atoms with Crippen LogP contribution in [0.1, 0.15) is 28.4 Å². The molecule has 1 N–H and O–H groups in total. The molecule has 0 aliphatic carbocycles. The molecule has 0 aromatic heterocycles. The lowest BCUT2D eigenvalue weighted by Crippen LogP contribution is -2.20. The summed E-state index contributed by atoms with van der Waals surface area (Å²) in [6.45, 7) is 0. The van der Waals surface area contributed by atoms with Gasteiger partial charge in [-0.25, -0.2) is 0 Å². The Kier molecular flexibility index (Phi) is 2.52. The van der Waals surface area contributed by atoms with Gasteiger partial charge < -0.3 is 9.84 Å². The minimum atomic E-state index is -0.320. The van der Waals surface area contributed by atoms with E-state index in [2.05, 4.69) is 0 Å². The third-order valence-corrected chi connectivity index (χ3v) is 3.10. The third kappa shape index (κ3) is 1.74. The van der Waals surface area contributed by atoms with Crippen molar-refractivity contribution < 1.29 is 14.6 Å². The van der Waals surface area contributed by atoms with Gasteiger partial charge in [0.15, 0.2) is 17.3 Å². The molecule has 3 nitrogen and oxygen atoms in total. The predicted octanol–water partition coefficient (Wildman–Crippen LogP) is 3.10. The van der Waals surface area contributed by atoms with Crippen LogP contribution in [0.15, 0.2) is 48.5 Å². The van der Waals surface area contributed by atoms with E-state index in [1.165, 1.54) is 6.07 Å². The van der Waals surface area contributed by atoms with Crippen molar-refractivity contribution in [3.8, 4) is 11.5 Å². The minimum absolute atomic E-state index is 0.000929. The molecule has 3 heteroatoms. The van der Waals surface area contributed by atoms with Crippen molar-refractivity contribution in [1.29, 1.82) is 0 Å². The number of fused-ring (bicyclic) bond motifs is 1. The second-order valence-corrected chi connectivity index (χ2v) is 4.30. The van der Waals surface area contributed by atoms with Crippen LogP contribution in [0.5, 0.6) is 11.5 Å². The molecule has 90 valence electrons. The van der Waals surface area contributed by atoms with Crippen LogP contribution in [-0.2, 0) is 0 Å². The summed E-state index contributed by atoms with van der Waals surface area (Å²) < 4.78 is 5.75. The van der Waals surface area contributed by atoms with Crippen molar-refractivity contribution in [2.75, 3.05) is 0 Å². The molecule has 1 aliphatic heterocycles. The Hall–Kier alpha value is -2.29. The van der Waals surface area contributed by atoms with Crippen LogP contribution in [-0.4, -0.2) is 10.9 Å². The Labute approximate surface area is 105 Å². The van der Waals surface area contributed by atoms with Gasteiger partial charge in [0.1, 0.15) is 6.10 Å². The number of hydrogen-bond acceptors (Lipinski definition) is 3. The summed E-state index contributed by atoms with van der Waals surface area (Å²) in [6, 6.07) is 14.4. The fourth-order valence-corrected chi connectivity index (χ4v) is 2.18. The number of carbonyl (C=O) groups excluding carboxylic acids is 1. The molecule has 0 saturated heterocycles. The van der Waals surface area contributed by atoms with Crippen LogP contribution in [0, 0.1) is 0 Å². The molecule has 0 fully saturated rings. The van der Waals surface area contributed by atoms with Gasteiger partial charge in [0.05, 0.1) is 12.0 Å². The Bertz CT molecular complexity index is 590. The molecule has 3 rings (SSSR count). The summed E-state index contributed by atoms with van der Waals surface area (Å²) >= 11 is 0. The summed E-state index contributed by atoms with van der Waals surface area (Å²) in [7, 11) is 0. The monoisotopic (exact) mass is 240 g/mol. The van der Waals surface area contributed by atoms with Crippen LogP contribution >= 0.6 is 0 Å². The number of rotatable bonds is 1. The van der Waals surface area contributed by atoms with E-state index < -0.39 is 0 Å². The second-order valence-electron chi connectivity index (χ2n) is 4.30. The third-order valence-electron chi connectivity index (χ3n) is 3.10. The number of ether oxygens (including phenoxy) is 1. The predicted molar refractivity (Wildman–Crippen MR) is 66.9 cm³/mol. The first kappa shape index (κ1) is 10.8. The number of para-hydroxylation sites is 1. The summed E-state index contributed by atoms with van der Waals surface area (Å²) in [4.78, 5) is 12.0. The van der Waals surface area contributed by atoms with E-state index in [4.69, 9.17) is 4.74 Å². The van der Waals surface area contributed by atoms with E-state index in [0.717, 1.165) is 5.56 Å². The van der Waals surface area contributed by atoms with Gasteiger partial charge in [-0.2, -0.15) is 0 Å². The fourth-order valence-electron chi connectivity index (χ4n) is 2.18. The van der Waals surface area contributed by atoms with E-state index in [1.807, 2.05) is 30.3 Å². The second kappa shape index (κ2) is 4.18. The van der Waals surface area contributed by atoms with Gasteiger partial charge in [-0.05, 0) is 17.7 Å². The zero-order valence-corrected chi connectivity index (χ0v) is 9.67. The Morgan fingerprint density at radius 2 is 1.83 bits per heavy atom. The average Bonchev–Trinajstić information content (AvgIpc) is 2.41. The van der Waals surface area contributed by atoms with E-state index >= 15 is 0 Å². The molecule has 1 aliphatic rings. The number of phenols is 1. The van der Waals surface area contributed by atoms with Crippen molar-refractivity contribution in [3.63, 3.8) is 0 Å². The Morgan fingerprint density at radius 3 is 2.61 bits per heavy atom. The number of benzene rings is 2. The molecule has 2 aromatic carbocycles. The molecule has 0 saturated carbocycles. The summed E-state index contributed by atoms with van der Waals surface area (Å²) in [5.41, 5.74) is 1.40. The zero-order valence-electron chi connectivity index (χ0n) is 9.67. The number of ketones is 1. The first-order valence-electron chi connectivity index (χ1n) is 5.82. The number of carbonyl (C=O) groups is 1. The summed E-state index contributed by atoms with van der Waals surface area (Å²) in [6.07, 6.45) is -0.0139. The van der Waals surface area contributed by atoms with E-state index in [9.17, 15) is 9.90 Å². The largest absolute Gasteiger partial charge is 0.504 e. The molecule has 0 amide bonds. The molecule has 1 unspecified atom stereocenters. The maximum absolute atomic E-state index is 12.0. The van der Waals surface area contributed by atoms with E-state index in [-0.39, 0.29) is 17.6 Å². The van der Waals surface area contributed by atoms with Crippen molar-refractivity contribution in [2.24, 2.45) is 0 Å². The number of aromatic hydroxyl groups is 1. The molecule has 0 bridgehead atoms. The zero-order chi connectivity index (χ0) is 12.5. The van der Waals surface area contributed by atoms with Gasteiger partial charge in [0, 0.05) is 0 Å². The lowest BCUT2D eigenvalue weighted by Gasteiger charge is -2.25. The lowest BCUT2D eigenvalue weighted by molar-refractivity contribution is 0.0842. The normalized spacial score (nSPS) is 18.0. The van der Waals surface area contributed by atoms with Crippen LogP contribution in [0.4, 0.5) is 0 Å². The summed E-state index contributed by atoms with van der Waals surface area (Å²) in [5.74, 6) is 0.310. The average molecular weight is 240 g/mol. The molecule has 2 aromatic rings. The SMILES string of the molecule is O=C1CC(c2ccccc2)Oc2c(O)cccc21. The van der Waals surface area contributed by atoms with Crippen LogP contribution in [0.3, 0.4) is 0 Å². The van der Waals surface area contributed by atoms with Crippen molar-refractivity contribution in [1.82, 2.24) is 0 Å². The Morgan fingerprint density at radius 1 is 1.06 bits per heavy atom. The minimum Gasteiger partial charge on any atom is -0.504 e. The van der Waals surface area contributed by atoms with Gasteiger partial charge in [0.2, 0.25) is 0 Å². The topological polar surface area (TPSA) is 46.5 Å². The van der Waals surface area contributed by atoms with E-state index in [0.29, 0.717) is 17.7 Å². The highest BCUT2D eigenvalue weighted by atomic mass is 16.5. The van der Waals surface area contributed by atoms with Gasteiger partial charge in [-0.1, -0.05) is 36.4 Å². The molecule has 18 heavy (non-hydrogen) atoms. The standard InChI is InChI=1S/C15H12O3/c16-12-8-4-7-11-13(17)9-14(18-15(11)12)10-5-2-1-3-6-10/h1-8,14,16H,9H2. The smallest absolute Gasteiger partial charge is 0.172 e. The summed E-state index contributed by atoms with van der Waals surface area (Å²) in [5, 5.41) is 9.76. The Balaban J connectivity index is 2.01. The van der Waals surface area contributed by atoms with Crippen LogP contribution in [0.25, 0.3) is 0 Å². The van der Waals surface area contributed by atoms with Gasteiger partial charge in [-0.15, -0.1) is 0 Å². The molecule has 0 spiro atoms. The number of Topliss-reactive ketones (excluding diaryl/α,β-unsaturated/α-hetero) is 1. The number of hydrogen-bond donors (Lipinski definition) is 1. The maximum Gasteiger partial charge on any atom is 0.172 e. The highest BCUT2D eigenvalue weighted by Gasteiger charge is 2.29. The van der Waals surface area contributed by atoms with Crippen molar-refractivity contribution in [3.05, 3.63) is 59.7 Å².